The first kappa shape index (κ1) is 18.7. The maximum Gasteiger partial charge on any atom is 0.236 e. The second-order valence-corrected chi connectivity index (χ2v) is 8.29. The van der Waals surface area contributed by atoms with Crippen molar-refractivity contribution in [2.75, 3.05) is 12.1 Å². The van der Waals surface area contributed by atoms with Crippen LogP contribution < -0.4 is 14.8 Å². The quantitative estimate of drug-likeness (QED) is 0.664. The standard InChI is InChI=1S/C25H24N2O3/c1-15-11-16(2)23(17(3)12-15)19-5-4-6-22(26-19)27-24(28)25(9-10-25)18-7-8-20-21(13-18)30-14-29-20/h4-8,11-13H,9-10,14H2,1-3H3,(H,26,27,28). The average molecular weight is 400 g/mol. The van der Waals surface area contributed by atoms with Gasteiger partial charge in [0.1, 0.15) is 5.82 Å². The molecule has 5 nitrogen and oxygen atoms in total. The van der Waals surface area contributed by atoms with Crippen molar-refractivity contribution < 1.29 is 14.3 Å². The van der Waals surface area contributed by atoms with Gasteiger partial charge >= 0.3 is 0 Å². The number of aryl methyl sites for hydroxylation is 3. The molecular weight excluding hydrogens is 376 g/mol. The first-order chi connectivity index (χ1) is 14.5. The molecule has 0 saturated heterocycles. The molecule has 1 aliphatic heterocycles. The summed E-state index contributed by atoms with van der Waals surface area (Å²) in [5.74, 6) is 1.98. The van der Waals surface area contributed by atoms with Gasteiger partial charge < -0.3 is 14.8 Å². The van der Waals surface area contributed by atoms with Crippen LogP contribution in [0.25, 0.3) is 11.3 Å². The Kier molecular flexibility index (Phi) is 4.28. The van der Waals surface area contributed by atoms with Crippen molar-refractivity contribution in [1.82, 2.24) is 4.98 Å². The van der Waals surface area contributed by atoms with Crippen LogP contribution in [0.5, 0.6) is 11.5 Å². The SMILES string of the molecule is Cc1cc(C)c(-c2cccc(NC(=O)C3(c4ccc5c(c4)OCO5)CC3)n2)c(C)c1. The van der Waals surface area contributed by atoms with Gasteiger partial charge in [0.05, 0.1) is 11.1 Å². The van der Waals surface area contributed by atoms with E-state index in [0.717, 1.165) is 35.4 Å². The monoisotopic (exact) mass is 400 g/mol. The average Bonchev–Trinajstić information content (AvgIpc) is 3.39. The summed E-state index contributed by atoms with van der Waals surface area (Å²) in [5, 5.41) is 3.05. The number of carbonyl (C=O) groups excluding carboxylic acids is 1. The topological polar surface area (TPSA) is 60.5 Å². The second-order valence-electron chi connectivity index (χ2n) is 8.29. The number of pyridine rings is 1. The smallest absolute Gasteiger partial charge is 0.236 e. The normalized spacial score (nSPS) is 15.7. The summed E-state index contributed by atoms with van der Waals surface area (Å²) in [6, 6.07) is 15.9. The lowest BCUT2D eigenvalue weighted by Crippen LogP contribution is -2.28. The lowest BCUT2D eigenvalue weighted by Gasteiger charge is -2.17. The minimum atomic E-state index is -0.519. The number of hydrogen-bond donors (Lipinski definition) is 1. The number of amides is 1. The Hall–Kier alpha value is -3.34. The van der Waals surface area contributed by atoms with Gasteiger partial charge in [-0.1, -0.05) is 29.8 Å². The molecule has 2 aromatic carbocycles. The summed E-state index contributed by atoms with van der Waals surface area (Å²) < 4.78 is 10.9. The van der Waals surface area contributed by atoms with Crippen molar-refractivity contribution in [3.63, 3.8) is 0 Å². The predicted octanol–water partition coefficient (Wildman–Crippen LogP) is 5.07. The molecular formula is C25H24N2O3. The highest BCUT2D eigenvalue weighted by atomic mass is 16.7. The van der Waals surface area contributed by atoms with E-state index in [1.807, 2.05) is 36.4 Å². The molecule has 1 aromatic heterocycles. The number of anilines is 1. The molecule has 3 aromatic rings. The Bertz CT molecular complexity index is 1140. The van der Waals surface area contributed by atoms with Crippen LogP contribution in [-0.2, 0) is 10.2 Å². The number of rotatable bonds is 4. The van der Waals surface area contributed by atoms with Crippen molar-refractivity contribution in [2.45, 2.75) is 39.0 Å². The third-order valence-electron chi connectivity index (χ3n) is 6.03. The van der Waals surface area contributed by atoms with E-state index in [0.29, 0.717) is 11.6 Å². The number of nitrogens with zero attached hydrogens (tertiary/aromatic N) is 1. The van der Waals surface area contributed by atoms with Crippen LogP contribution in [0.15, 0.2) is 48.5 Å². The number of nitrogens with one attached hydrogen (secondary N) is 1. The number of hydrogen-bond acceptors (Lipinski definition) is 4. The summed E-state index contributed by atoms with van der Waals surface area (Å²) in [7, 11) is 0. The molecule has 0 bridgehead atoms. The summed E-state index contributed by atoms with van der Waals surface area (Å²) >= 11 is 0. The fraction of sp³-hybridized carbons (Fsp3) is 0.280. The van der Waals surface area contributed by atoms with E-state index in [2.05, 4.69) is 38.2 Å². The Morgan fingerprint density at radius 3 is 2.43 bits per heavy atom. The molecule has 2 heterocycles. The molecule has 1 aliphatic carbocycles. The zero-order chi connectivity index (χ0) is 20.9. The fourth-order valence-electron chi connectivity index (χ4n) is 4.43. The van der Waals surface area contributed by atoms with E-state index in [4.69, 9.17) is 14.5 Å². The highest BCUT2D eigenvalue weighted by Gasteiger charge is 2.51. The van der Waals surface area contributed by atoms with Crippen LogP contribution in [0.2, 0.25) is 0 Å². The summed E-state index contributed by atoms with van der Waals surface area (Å²) in [5.41, 5.74) is 6.03. The van der Waals surface area contributed by atoms with Crippen LogP contribution in [0.3, 0.4) is 0 Å². The van der Waals surface area contributed by atoms with Crippen molar-refractivity contribution in [1.29, 1.82) is 0 Å². The highest BCUT2D eigenvalue weighted by Crippen LogP contribution is 2.51. The summed E-state index contributed by atoms with van der Waals surface area (Å²) in [4.78, 5) is 18.0. The van der Waals surface area contributed by atoms with E-state index in [1.165, 1.54) is 16.7 Å². The number of fused-ring (bicyclic) bond motifs is 1. The molecule has 5 heteroatoms. The van der Waals surface area contributed by atoms with Crippen molar-refractivity contribution in [3.8, 4) is 22.8 Å². The van der Waals surface area contributed by atoms with Gasteiger partial charge in [-0.15, -0.1) is 0 Å². The summed E-state index contributed by atoms with van der Waals surface area (Å²) in [6.07, 6.45) is 1.63. The molecule has 5 rings (SSSR count). The molecule has 0 radical (unpaired) electrons. The number of aromatic nitrogens is 1. The Morgan fingerprint density at radius 2 is 1.70 bits per heavy atom. The molecule has 0 spiro atoms. The van der Waals surface area contributed by atoms with Crippen molar-refractivity contribution in [2.24, 2.45) is 0 Å². The van der Waals surface area contributed by atoms with Crippen LogP contribution in [-0.4, -0.2) is 17.7 Å². The molecule has 2 aliphatic rings. The minimum absolute atomic E-state index is 0.0247. The van der Waals surface area contributed by atoms with Crippen molar-refractivity contribution in [3.05, 3.63) is 70.8 Å². The number of benzene rings is 2. The predicted molar refractivity (Wildman–Crippen MR) is 116 cm³/mol. The maximum atomic E-state index is 13.2. The number of ether oxygens (including phenoxy) is 2. The first-order valence-corrected chi connectivity index (χ1v) is 10.2. The zero-order valence-electron chi connectivity index (χ0n) is 17.4. The third-order valence-corrected chi connectivity index (χ3v) is 6.03. The van der Waals surface area contributed by atoms with Gasteiger partial charge in [-0.25, -0.2) is 4.98 Å². The highest BCUT2D eigenvalue weighted by molar-refractivity contribution is 6.01. The lowest BCUT2D eigenvalue weighted by atomic mass is 9.94. The molecule has 152 valence electrons. The maximum absolute atomic E-state index is 13.2. The van der Waals surface area contributed by atoms with Gasteiger partial charge in [-0.05, 0) is 74.6 Å². The first-order valence-electron chi connectivity index (χ1n) is 10.2. The second kappa shape index (κ2) is 6.87. The third kappa shape index (κ3) is 3.11. The van der Waals surface area contributed by atoms with E-state index in [9.17, 15) is 4.79 Å². The van der Waals surface area contributed by atoms with E-state index >= 15 is 0 Å². The van der Waals surface area contributed by atoms with Crippen LogP contribution in [0.4, 0.5) is 5.82 Å². The van der Waals surface area contributed by atoms with Crippen molar-refractivity contribution >= 4 is 11.7 Å². The van der Waals surface area contributed by atoms with Gasteiger partial charge in [0.2, 0.25) is 12.7 Å². The molecule has 1 N–H and O–H groups in total. The Labute approximate surface area is 176 Å². The van der Waals surface area contributed by atoms with Crippen LogP contribution in [0, 0.1) is 20.8 Å². The van der Waals surface area contributed by atoms with Crippen LogP contribution in [0.1, 0.15) is 35.1 Å². The van der Waals surface area contributed by atoms with Gasteiger partial charge in [-0.3, -0.25) is 4.79 Å². The van der Waals surface area contributed by atoms with Gasteiger partial charge in [0, 0.05) is 5.56 Å². The van der Waals surface area contributed by atoms with E-state index < -0.39 is 5.41 Å². The minimum Gasteiger partial charge on any atom is -0.454 e. The fourth-order valence-corrected chi connectivity index (χ4v) is 4.43. The number of carbonyl (C=O) groups is 1. The summed E-state index contributed by atoms with van der Waals surface area (Å²) in [6.45, 7) is 6.52. The lowest BCUT2D eigenvalue weighted by molar-refractivity contribution is -0.118. The molecule has 0 atom stereocenters. The molecule has 0 unspecified atom stereocenters. The Balaban J connectivity index is 1.42. The molecule has 30 heavy (non-hydrogen) atoms. The Morgan fingerprint density at radius 1 is 0.967 bits per heavy atom. The zero-order valence-corrected chi connectivity index (χ0v) is 17.4. The molecule has 1 fully saturated rings. The largest absolute Gasteiger partial charge is 0.454 e. The van der Waals surface area contributed by atoms with Gasteiger partial charge in [0.25, 0.3) is 0 Å². The molecule has 1 saturated carbocycles. The van der Waals surface area contributed by atoms with Gasteiger partial charge in [0.15, 0.2) is 11.5 Å². The molecule has 1 amide bonds. The van der Waals surface area contributed by atoms with Gasteiger partial charge in [-0.2, -0.15) is 0 Å². The van der Waals surface area contributed by atoms with Crippen LogP contribution >= 0.6 is 0 Å². The van der Waals surface area contributed by atoms with E-state index in [-0.39, 0.29) is 12.7 Å². The van der Waals surface area contributed by atoms with E-state index in [1.54, 1.807) is 0 Å².